The number of fused-ring (bicyclic) bond motifs is 1. The summed E-state index contributed by atoms with van der Waals surface area (Å²) >= 11 is 0. The summed E-state index contributed by atoms with van der Waals surface area (Å²) in [4.78, 5) is 8.32. The maximum absolute atomic E-state index is 4.22. The molecular weight excluding hydrogens is 202 g/mol. The third kappa shape index (κ3) is 1.48. The molecule has 0 radical (unpaired) electrons. The van der Waals surface area contributed by atoms with Gasteiger partial charge in [-0.05, 0) is 12.1 Å². The Morgan fingerprint density at radius 3 is 2.69 bits per heavy atom. The van der Waals surface area contributed by atoms with Gasteiger partial charge in [0.25, 0.3) is 0 Å². The maximum Gasteiger partial charge on any atom is 0.201 e. The Hall–Kier alpha value is -2.43. The lowest BCUT2D eigenvalue weighted by Crippen LogP contribution is -1.91. The monoisotopic (exact) mass is 211 g/mol. The highest BCUT2D eigenvalue weighted by atomic mass is 15.2. The van der Waals surface area contributed by atoms with Crippen LogP contribution in [0.2, 0.25) is 0 Å². The van der Waals surface area contributed by atoms with Crippen LogP contribution in [0.15, 0.2) is 42.7 Å². The number of nitrogens with one attached hydrogen (secondary N) is 2. The smallest absolute Gasteiger partial charge is 0.201 e. The molecule has 2 N–H and O–H groups in total. The third-order valence-corrected chi connectivity index (χ3v) is 2.23. The quantitative estimate of drug-likeness (QED) is 0.681. The Balaban J connectivity index is 2.01. The summed E-state index contributed by atoms with van der Waals surface area (Å²) in [7, 11) is 0. The Morgan fingerprint density at radius 1 is 1.00 bits per heavy atom. The first-order chi connectivity index (χ1) is 7.93. The number of hydrogen-bond donors (Lipinski definition) is 2. The normalized spacial score (nSPS) is 10.5. The van der Waals surface area contributed by atoms with Gasteiger partial charge in [-0.15, -0.1) is 0 Å². The predicted octanol–water partition coefficient (Wildman–Crippen LogP) is 2.10. The van der Waals surface area contributed by atoms with Crippen molar-refractivity contribution in [2.24, 2.45) is 0 Å². The fourth-order valence-electron chi connectivity index (χ4n) is 1.50. The molecule has 2 aromatic heterocycles. The average molecular weight is 211 g/mol. The van der Waals surface area contributed by atoms with Crippen LogP contribution in [0.5, 0.6) is 0 Å². The fourth-order valence-corrected chi connectivity index (χ4v) is 1.50. The van der Waals surface area contributed by atoms with Crippen LogP contribution in [0.3, 0.4) is 0 Å². The van der Waals surface area contributed by atoms with Gasteiger partial charge in [-0.2, -0.15) is 5.10 Å². The SMILES string of the molecule is c1ccc(Nc2[nH]nc3nccnc23)cc1. The number of benzene rings is 1. The molecule has 0 bridgehead atoms. The van der Waals surface area contributed by atoms with Gasteiger partial charge < -0.3 is 5.32 Å². The van der Waals surface area contributed by atoms with E-state index in [1.165, 1.54) is 0 Å². The summed E-state index contributed by atoms with van der Waals surface area (Å²) in [6, 6.07) is 9.85. The van der Waals surface area contributed by atoms with E-state index in [1.807, 2.05) is 30.3 Å². The van der Waals surface area contributed by atoms with E-state index in [-0.39, 0.29) is 0 Å². The van der Waals surface area contributed by atoms with E-state index in [2.05, 4.69) is 25.5 Å². The Kier molecular flexibility index (Phi) is 2.00. The number of H-pyrrole nitrogens is 1. The zero-order valence-electron chi connectivity index (χ0n) is 8.38. The molecule has 0 amide bonds. The van der Waals surface area contributed by atoms with Crippen LogP contribution in [0.4, 0.5) is 11.5 Å². The summed E-state index contributed by atoms with van der Waals surface area (Å²) in [5.74, 6) is 0.759. The summed E-state index contributed by atoms with van der Waals surface area (Å²) in [5, 5.41) is 10.1. The largest absolute Gasteiger partial charge is 0.339 e. The van der Waals surface area contributed by atoms with Crippen molar-refractivity contribution in [3.63, 3.8) is 0 Å². The molecule has 3 aromatic rings. The summed E-state index contributed by atoms with van der Waals surface area (Å²) in [6.45, 7) is 0. The molecule has 16 heavy (non-hydrogen) atoms. The highest BCUT2D eigenvalue weighted by molar-refractivity contribution is 5.84. The molecule has 0 aliphatic rings. The van der Waals surface area contributed by atoms with Crippen LogP contribution in [0.25, 0.3) is 11.2 Å². The number of aromatic nitrogens is 4. The highest BCUT2D eigenvalue weighted by Gasteiger charge is 2.06. The van der Waals surface area contributed by atoms with E-state index in [4.69, 9.17) is 0 Å². The van der Waals surface area contributed by atoms with E-state index in [1.54, 1.807) is 12.4 Å². The molecule has 0 atom stereocenters. The van der Waals surface area contributed by atoms with Crippen LogP contribution in [-0.4, -0.2) is 20.2 Å². The van der Waals surface area contributed by atoms with E-state index >= 15 is 0 Å². The Labute approximate surface area is 91.6 Å². The van der Waals surface area contributed by atoms with E-state index < -0.39 is 0 Å². The van der Waals surface area contributed by atoms with Gasteiger partial charge in [-0.3, -0.25) is 5.10 Å². The van der Waals surface area contributed by atoms with Crippen molar-refractivity contribution >= 4 is 22.7 Å². The molecule has 0 unspecified atom stereocenters. The van der Waals surface area contributed by atoms with Crippen LogP contribution in [0.1, 0.15) is 0 Å². The molecule has 5 nitrogen and oxygen atoms in total. The molecule has 3 rings (SSSR count). The summed E-state index contributed by atoms with van der Waals surface area (Å²) in [6.07, 6.45) is 3.27. The minimum absolute atomic E-state index is 0.612. The van der Waals surface area contributed by atoms with Crippen molar-refractivity contribution in [1.29, 1.82) is 0 Å². The zero-order chi connectivity index (χ0) is 10.8. The first-order valence-electron chi connectivity index (χ1n) is 4.90. The molecule has 0 spiro atoms. The van der Waals surface area contributed by atoms with Gasteiger partial charge in [0.05, 0.1) is 0 Å². The lowest BCUT2D eigenvalue weighted by Gasteiger charge is -2.02. The zero-order valence-corrected chi connectivity index (χ0v) is 8.38. The molecule has 5 heteroatoms. The first-order valence-corrected chi connectivity index (χ1v) is 4.90. The Bertz CT molecular complexity index is 602. The predicted molar refractivity (Wildman–Crippen MR) is 61.4 cm³/mol. The second-order valence-corrected chi connectivity index (χ2v) is 3.32. The number of hydrogen-bond acceptors (Lipinski definition) is 4. The van der Waals surface area contributed by atoms with Crippen LogP contribution in [0, 0.1) is 0 Å². The molecule has 2 heterocycles. The fraction of sp³-hybridized carbons (Fsp3) is 0. The van der Waals surface area contributed by atoms with Crippen LogP contribution < -0.4 is 5.32 Å². The lowest BCUT2D eigenvalue weighted by atomic mass is 10.3. The van der Waals surface area contributed by atoms with Crippen molar-refractivity contribution < 1.29 is 0 Å². The average Bonchev–Trinajstić information content (AvgIpc) is 2.74. The third-order valence-electron chi connectivity index (χ3n) is 2.23. The number of para-hydroxylation sites is 1. The molecular formula is C11H9N5. The van der Waals surface area contributed by atoms with Crippen molar-refractivity contribution in [3.8, 4) is 0 Å². The molecule has 78 valence electrons. The van der Waals surface area contributed by atoms with Crippen molar-refractivity contribution in [2.75, 3.05) is 5.32 Å². The van der Waals surface area contributed by atoms with Gasteiger partial charge in [0.1, 0.15) is 0 Å². The number of anilines is 2. The van der Waals surface area contributed by atoms with Gasteiger partial charge in [0.15, 0.2) is 11.3 Å². The second kappa shape index (κ2) is 3.62. The molecule has 0 aliphatic carbocycles. The second-order valence-electron chi connectivity index (χ2n) is 3.32. The van der Waals surface area contributed by atoms with Crippen molar-refractivity contribution in [1.82, 2.24) is 20.2 Å². The standard InChI is InChI=1S/C11H9N5/c1-2-4-8(5-3-1)14-11-9-10(15-16-11)13-7-6-12-9/h1-7H,(H2,13,14,15,16). The lowest BCUT2D eigenvalue weighted by molar-refractivity contribution is 1.10. The maximum atomic E-state index is 4.22. The summed E-state index contributed by atoms with van der Waals surface area (Å²) < 4.78 is 0. The molecule has 0 saturated heterocycles. The van der Waals surface area contributed by atoms with Gasteiger partial charge in [-0.25, -0.2) is 9.97 Å². The van der Waals surface area contributed by atoms with E-state index in [0.29, 0.717) is 5.65 Å². The molecule has 0 aliphatic heterocycles. The van der Waals surface area contributed by atoms with Crippen LogP contribution >= 0.6 is 0 Å². The van der Waals surface area contributed by atoms with Gasteiger partial charge in [0, 0.05) is 18.1 Å². The Morgan fingerprint density at radius 2 is 1.81 bits per heavy atom. The van der Waals surface area contributed by atoms with Crippen molar-refractivity contribution in [2.45, 2.75) is 0 Å². The van der Waals surface area contributed by atoms with Gasteiger partial charge >= 0.3 is 0 Å². The molecule has 0 saturated carbocycles. The minimum Gasteiger partial charge on any atom is -0.339 e. The number of rotatable bonds is 2. The van der Waals surface area contributed by atoms with Crippen LogP contribution in [-0.2, 0) is 0 Å². The number of nitrogens with zero attached hydrogens (tertiary/aromatic N) is 3. The van der Waals surface area contributed by atoms with Crippen molar-refractivity contribution in [3.05, 3.63) is 42.7 Å². The summed E-state index contributed by atoms with van der Waals surface area (Å²) in [5.41, 5.74) is 2.34. The van der Waals surface area contributed by atoms with E-state index in [0.717, 1.165) is 17.0 Å². The van der Waals surface area contributed by atoms with E-state index in [9.17, 15) is 0 Å². The molecule has 1 aromatic carbocycles. The highest BCUT2D eigenvalue weighted by Crippen LogP contribution is 2.19. The van der Waals surface area contributed by atoms with Gasteiger partial charge in [-0.1, -0.05) is 18.2 Å². The minimum atomic E-state index is 0.612. The topological polar surface area (TPSA) is 66.5 Å². The first kappa shape index (κ1) is 8.84. The molecule has 0 fully saturated rings. The number of aromatic amines is 1. The van der Waals surface area contributed by atoms with Gasteiger partial charge in [0.2, 0.25) is 5.65 Å².